The van der Waals surface area contributed by atoms with Gasteiger partial charge in [-0.3, -0.25) is 9.36 Å². The number of nitrogens with zero attached hydrogens (tertiary/aromatic N) is 4. The van der Waals surface area contributed by atoms with Crippen LogP contribution in [-0.2, 0) is 17.9 Å². The Balaban J connectivity index is 1.63. The summed E-state index contributed by atoms with van der Waals surface area (Å²) < 4.78 is 7.80. The van der Waals surface area contributed by atoms with Crippen LogP contribution in [0.3, 0.4) is 0 Å². The Morgan fingerprint density at radius 1 is 1.32 bits per heavy atom. The molecule has 3 rings (SSSR count). The summed E-state index contributed by atoms with van der Waals surface area (Å²) >= 11 is 2.69. The largest absolute Gasteiger partial charge is 0.486 e. The molecular formula is C19H21N5O2S2. The van der Waals surface area contributed by atoms with E-state index >= 15 is 0 Å². The maximum absolute atomic E-state index is 12.1. The van der Waals surface area contributed by atoms with Crippen LogP contribution in [0.2, 0.25) is 0 Å². The zero-order valence-electron chi connectivity index (χ0n) is 15.7. The van der Waals surface area contributed by atoms with Gasteiger partial charge in [0.1, 0.15) is 12.4 Å². The minimum atomic E-state index is -0.138. The molecule has 1 amide bonds. The highest BCUT2D eigenvalue weighted by molar-refractivity contribution is 7.99. The molecule has 9 heteroatoms. The number of hydrogen-bond acceptors (Lipinski definition) is 7. The van der Waals surface area contributed by atoms with Crippen LogP contribution in [-0.4, -0.2) is 31.4 Å². The molecule has 1 aromatic carbocycles. The molecule has 7 nitrogen and oxygen atoms in total. The van der Waals surface area contributed by atoms with Crippen LogP contribution in [0.5, 0.6) is 5.75 Å². The van der Waals surface area contributed by atoms with Crippen LogP contribution < -0.4 is 10.1 Å². The van der Waals surface area contributed by atoms with E-state index in [2.05, 4.69) is 33.1 Å². The van der Waals surface area contributed by atoms with Gasteiger partial charge in [0.15, 0.2) is 16.1 Å². The van der Waals surface area contributed by atoms with Gasteiger partial charge in [0.25, 0.3) is 0 Å². The van der Waals surface area contributed by atoms with E-state index < -0.39 is 0 Å². The van der Waals surface area contributed by atoms with E-state index in [1.54, 1.807) is 12.3 Å². The molecular weight excluding hydrogens is 394 g/mol. The normalized spacial score (nSPS) is 10.6. The van der Waals surface area contributed by atoms with Crippen molar-refractivity contribution in [2.24, 2.45) is 0 Å². The second kappa shape index (κ2) is 9.52. The first-order valence-corrected chi connectivity index (χ1v) is 10.5. The maximum atomic E-state index is 12.1. The van der Waals surface area contributed by atoms with Gasteiger partial charge in [0.05, 0.1) is 5.75 Å². The molecule has 1 N–H and O–H groups in total. The Kier molecular flexibility index (Phi) is 6.83. The van der Waals surface area contributed by atoms with Crippen molar-refractivity contribution in [2.75, 3.05) is 11.1 Å². The van der Waals surface area contributed by atoms with E-state index in [1.165, 1.54) is 23.1 Å². The summed E-state index contributed by atoms with van der Waals surface area (Å²) in [7, 11) is 0. The van der Waals surface area contributed by atoms with Crippen molar-refractivity contribution >= 4 is 34.1 Å². The Labute approximate surface area is 171 Å². The van der Waals surface area contributed by atoms with E-state index in [4.69, 9.17) is 4.74 Å². The molecule has 0 saturated carbocycles. The summed E-state index contributed by atoms with van der Waals surface area (Å²) in [6.07, 6.45) is 3.42. The molecule has 146 valence electrons. The van der Waals surface area contributed by atoms with Crippen molar-refractivity contribution in [2.45, 2.75) is 32.2 Å². The number of anilines is 1. The zero-order valence-corrected chi connectivity index (χ0v) is 17.3. The number of aromatic nitrogens is 4. The third-order valence-corrected chi connectivity index (χ3v) is 5.33. The number of carbonyl (C=O) groups is 1. The van der Waals surface area contributed by atoms with Crippen molar-refractivity contribution < 1.29 is 9.53 Å². The average molecular weight is 416 g/mol. The number of thioether (sulfide) groups is 1. The predicted molar refractivity (Wildman–Crippen MR) is 112 cm³/mol. The summed E-state index contributed by atoms with van der Waals surface area (Å²) in [6.45, 7) is 8.68. The van der Waals surface area contributed by atoms with Gasteiger partial charge in [0.2, 0.25) is 5.91 Å². The summed E-state index contributed by atoms with van der Waals surface area (Å²) in [5, 5.41) is 14.2. The summed E-state index contributed by atoms with van der Waals surface area (Å²) in [4.78, 5) is 16.1. The molecule has 0 radical (unpaired) electrons. The predicted octanol–water partition coefficient (Wildman–Crippen LogP) is 3.85. The molecule has 28 heavy (non-hydrogen) atoms. The Morgan fingerprint density at radius 3 is 2.79 bits per heavy atom. The van der Waals surface area contributed by atoms with Gasteiger partial charge in [-0.05, 0) is 37.1 Å². The highest BCUT2D eigenvalue weighted by Crippen LogP contribution is 2.21. The van der Waals surface area contributed by atoms with Crippen LogP contribution in [0.25, 0.3) is 0 Å². The zero-order chi connectivity index (χ0) is 19.9. The average Bonchev–Trinajstić information content (AvgIpc) is 3.28. The van der Waals surface area contributed by atoms with Gasteiger partial charge in [-0.25, -0.2) is 4.98 Å². The fraction of sp³-hybridized carbons (Fsp3) is 0.263. The Hall–Kier alpha value is -2.65. The molecule has 0 bridgehead atoms. The highest BCUT2D eigenvalue weighted by Gasteiger charge is 2.14. The van der Waals surface area contributed by atoms with Gasteiger partial charge >= 0.3 is 0 Å². The number of thiazole rings is 1. The number of aryl methyl sites for hydroxylation is 2. The lowest BCUT2D eigenvalue weighted by Gasteiger charge is -2.10. The second-order valence-electron chi connectivity index (χ2n) is 6.08. The molecule has 0 atom stereocenters. The van der Waals surface area contributed by atoms with E-state index in [0.717, 1.165) is 16.9 Å². The van der Waals surface area contributed by atoms with Gasteiger partial charge in [-0.2, -0.15) is 0 Å². The van der Waals surface area contributed by atoms with Crippen molar-refractivity contribution in [3.8, 4) is 5.75 Å². The lowest BCUT2D eigenvalue weighted by Crippen LogP contribution is -2.14. The minimum Gasteiger partial charge on any atom is -0.486 e. The first-order valence-electron chi connectivity index (χ1n) is 8.61. The molecule has 0 saturated heterocycles. The molecule has 0 spiro atoms. The standard InChI is InChI=1S/C19H21N5O2S2/c1-4-6-24-16(11-26-15-9-13(2)8-14(3)10-15)22-23-19(24)28-12-17(25)21-18-20-5-7-27-18/h4-5,7-10H,1,6,11-12H2,2-3H3,(H,20,21,25). The van der Waals surface area contributed by atoms with E-state index in [0.29, 0.717) is 22.7 Å². The number of rotatable bonds is 9. The smallest absolute Gasteiger partial charge is 0.236 e. The summed E-state index contributed by atoms with van der Waals surface area (Å²) in [6, 6.07) is 6.07. The van der Waals surface area contributed by atoms with Crippen LogP contribution >= 0.6 is 23.1 Å². The summed E-state index contributed by atoms with van der Waals surface area (Å²) in [5.41, 5.74) is 2.29. The van der Waals surface area contributed by atoms with Crippen molar-refractivity contribution in [3.05, 3.63) is 59.4 Å². The number of amides is 1. The molecule has 2 heterocycles. The van der Waals surface area contributed by atoms with E-state index in [9.17, 15) is 4.79 Å². The molecule has 0 fully saturated rings. The first-order chi connectivity index (χ1) is 13.5. The fourth-order valence-electron chi connectivity index (χ4n) is 2.58. The molecule has 0 unspecified atom stereocenters. The van der Waals surface area contributed by atoms with Crippen LogP contribution in [0.4, 0.5) is 5.13 Å². The Bertz CT molecular complexity index is 933. The monoisotopic (exact) mass is 415 g/mol. The van der Waals surface area contributed by atoms with Crippen LogP contribution in [0.1, 0.15) is 17.0 Å². The molecule has 0 aliphatic carbocycles. The molecule has 2 aromatic heterocycles. The highest BCUT2D eigenvalue weighted by atomic mass is 32.2. The number of ether oxygens (including phenoxy) is 1. The van der Waals surface area contributed by atoms with Gasteiger partial charge in [0, 0.05) is 18.1 Å². The number of nitrogens with one attached hydrogen (secondary N) is 1. The van der Waals surface area contributed by atoms with Gasteiger partial charge in [-0.1, -0.05) is 23.9 Å². The topological polar surface area (TPSA) is 81.9 Å². The number of benzene rings is 1. The summed E-state index contributed by atoms with van der Waals surface area (Å²) in [5.74, 6) is 1.55. The number of carbonyl (C=O) groups excluding carboxylic acids is 1. The molecule has 0 aliphatic heterocycles. The second-order valence-corrected chi connectivity index (χ2v) is 7.92. The third kappa shape index (κ3) is 5.43. The lowest BCUT2D eigenvalue weighted by atomic mass is 10.1. The van der Waals surface area contributed by atoms with E-state index in [-0.39, 0.29) is 18.3 Å². The van der Waals surface area contributed by atoms with Gasteiger partial charge in [-0.15, -0.1) is 28.1 Å². The van der Waals surface area contributed by atoms with Crippen molar-refractivity contribution in [3.63, 3.8) is 0 Å². The maximum Gasteiger partial charge on any atom is 0.236 e. The van der Waals surface area contributed by atoms with Crippen molar-refractivity contribution in [1.29, 1.82) is 0 Å². The van der Waals surface area contributed by atoms with Gasteiger partial charge < -0.3 is 10.1 Å². The molecule has 0 aliphatic rings. The number of allylic oxidation sites excluding steroid dienone is 1. The quantitative estimate of drug-likeness (QED) is 0.422. The van der Waals surface area contributed by atoms with E-state index in [1.807, 2.05) is 35.9 Å². The Morgan fingerprint density at radius 2 is 2.11 bits per heavy atom. The third-order valence-electron chi connectivity index (χ3n) is 3.68. The van der Waals surface area contributed by atoms with Crippen LogP contribution in [0, 0.1) is 13.8 Å². The fourth-order valence-corrected chi connectivity index (χ4v) is 3.89. The molecule has 3 aromatic rings. The first kappa shape index (κ1) is 20.1. The van der Waals surface area contributed by atoms with Crippen LogP contribution in [0.15, 0.2) is 47.6 Å². The number of hydrogen-bond donors (Lipinski definition) is 1. The SMILES string of the molecule is C=CCn1c(COc2cc(C)cc(C)c2)nnc1SCC(=O)Nc1nccs1. The lowest BCUT2D eigenvalue weighted by molar-refractivity contribution is -0.113. The van der Waals surface area contributed by atoms with Crippen molar-refractivity contribution in [1.82, 2.24) is 19.7 Å². The minimum absolute atomic E-state index is 0.138.